The van der Waals surface area contributed by atoms with Gasteiger partial charge in [-0.05, 0) is 41.5 Å². The predicted octanol–water partition coefficient (Wildman–Crippen LogP) is 2.61. The van der Waals surface area contributed by atoms with E-state index < -0.39 is 46.1 Å². The summed E-state index contributed by atoms with van der Waals surface area (Å²) in [5.41, 5.74) is 9.56. The molecule has 1 aliphatic carbocycles. The first-order valence-electron chi connectivity index (χ1n) is 12.5. The summed E-state index contributed by atoms with van der Waals surface area (Å²) >= 11 is 0. The van der Waals surface area contributed by atoms with E-state index in [0.29, 0.717) is 12.0 Å². The van der Waals surface area contributed by atoms with Crippen LogP contribution in [0.5, 0.6) is 0 Å². The Morgan fingerprint density at radius 3 is 2.08 bits per heavy atom. The maximum Gasteiger partial charge on any atom is 0.240 e. The number of hydrogen-bond acceptors (Lipinski definition) is 6. The average Bonchev–Trinajstić information content (AvgIpc) is 3.19. The van der Waals surface area contributed by atoms with Gasteiger partial charge in [0.05, 0.1) is 24.5 Å². The Bertz CT molecular complexity index is 1300. The number of aliphatic hydroxyl groups is 2. The van der Waals surface area contributed by atoms with Crippen LogP contribution in [0.15, 0.2) is 84.9 Å². The molecule has 4 rings (SSSR count). The number of aliphatic hydroxyl groups excluding tert-OH is 2. The minimum Gasteiger partial charge on any atom is -0.391 e. The van der Waals surface area contributed by atoms with Gasteiger partial charge in [-0.15, -0.1) is 0 Å². The number of amides is 1. The highest BCUT2D eigenvalue weighted by atomic mass is 32.2. The molecule has 0 spiro atoms. The number of nitrogens with zero attached hydrogens (tertiary/aromatic N) is 1. The molecule has 3 aromatic rings. The topological polar surface area (TPSA) is 121 Å². The van der Waals surface area contributed by atoms with Gasteiger partial charge < -0.3 is 15.9 Å². The molecule has 5 atom stereocenters. The molecule has 3 aromatic carbocycles. The Morgan fingerprint density at radius 2 is 1.49 bits per heavy atom. The minimum atomic E-state index is -4.05. The highest BCUT2D eigenvalue weighted by Gasteiger charge is 2.44. The number of sulfonamides is 1. The summed E-state index contributed by atoms with van der Waals surface area (Å²) in [6.07, 6.45) is -0.231. The molecule has 0 radical (unpaired) electrons. The van der Waals surface area contributed by atoms with Crippen LogP contribution in [0.4, 0.5) is 0 Å². The number of carbonyl (C=O) groups is 1. The van der Waals surface area contributed by atoms with Crippen molar-refractivity contribution in [3.05, 3.63) is 107 Å². The Balaban J connectivity index is 1.64. The fourth-order valence-electron chi connectivity index (χ4n) is 5.18. The van der Waals surface area contributed by atoms with E-state index in [1.165, 1.54) is 0 Å². The Labute approximate surface area is 218 Å². The maximum atomic E-state index is 14.0. The third-order valence-corrected chi connectivity index (χ3v) is 8.12. The van der Waals surface area contributed by atoms with Crippen molar-refractivity contribution in [1.29, 1.82) is 0 Å². The average molecular weight is 523 g/mol. The summed E-state index contributed by atoms with van der Waals surface area (Å²) in [7, 11) is -4.05. The van der Waals surface area contributed by atoms with Crippen LogP contribution in [-0.4, -0.2) is 53.3 Å². The molecule has 37 heavy (non-hydrogen) atoms. The lowest BCUT2D eigenvalue weighted by Crippen LogP contribution is -2.48. The number of carbonyl (C=O) groups excluding carboxylic acids is 1. The van der Waals surface area contributed by atoms with E-state index in [-0.39, 0.29) is 19.3 Å². The molecular formula is C29H34N2O5S. The van der Waals surface area contributed by atoms with Gasteiger partial charge in [0.1, 0.15) is 0 Å². The molecule has 0 unspecified atom stereocenters. The van der Waals surface area contributed by atoms with Gasteiger partial charge in [-0.25, -0.2) is 12.7 Å². The lowest BCUT2D eigenvalue weighted by atomic mass is 9.88. The van der Waals surface area contributed by atoms with Gasteiger partial charge in [0.2, 0.25) is 15.9 Å². The fraction of sp³-hybridized carbons (Fsp3) is 0.345. The summed E-state index contributed by atoms with van der Waals surface area (Å²) in [4.78, 5) is 14.0. The van der Waals surface area contributed by atoms with E-state index in [0.717, 1.165) is 27.3 Å². The largest absolute Gasteiger partial charge is 0.391 e. The maximum absolute atomic E-state index is 14.0. The number of hydrogen-bond donors (Lipinski definition) is 3. The summed E-state index contributed by atoms with van der Waals surface area (Å²) in [6.45, 7) is 0. The SMILES string of the molecule is CS(=O)(=O)N(C(=O)[C@H](Cc1ccccc1)C[C@H](O)[C@@H](N)Cc1ccccc1)[C@H]1c2ccccc2C[C@H]1O. The van der Waals surface area contributed by atoms with Gasteiger partial charge in [-0.3, -0.25) is 4.79 Å². The first-order valence-corrected chi connectivity index (χ1v) is 14.3. The number of fused-ring (bicyclic) bond motifs is 1. The third kappa shape index (κ3) is 6.45. The van der Waals surface area contributed by atoms with Crippen molar-refractivity contribution in [3.8, 4) is 0 Å². The molecular weight excluding hydrogens is 488 g/mol. The van der Waals surface area contributed by atoms with Crippen molar-refractivity contribution in [1.82, 2.24) is 4.31 Å². The lowest BCUT2D eigenvalue weighted by Gasteiger charge is -2.34. The molecule has 7 nitrogen and oxygen atoms in total. The molecule has 0 fully saturated rings. The predicted molar refractivity (Wildman–Crippen MR) is 143 cm³/mol. The van der Waals surface area contributed by atoms with Crippen LogP contribution in [0.1, 0.15) is 34.7 Å². The van der Waals surface area contributed by atoms with Gasteiger partial charge in [0, 0.05) is 18.4 Å². The molecule has 1 amide bonds. The molecule has 196 valence electrons. The molecule has 0 aliphatic heterocycles. The highest BCUT2D eigenvalue weighted by Crippen LogP contribution is 2.38. The van der Waals surface area contributed by atoms with Crippen molar-refractivity contribution in [3.63, 3.8) is 0 Å². The number of benzene rings is 3. The Morgan fingerprint density at radius 1 is 0.946 bits per heavy atom. The highest BCUT2D eigenvalue weighted by molar-refractivity contribution is 7.88. The summed E-state index contributed by atoms with van der Waals surface area (Å²) in [5.74, 6) is -1.52. The smallest absolute Gasteiger partial charge is 0.240 e. The quantitative estimate of drug-likeness (QED) is 0.376. The van der Waals surface area contributed by atoms with Crippen LogP contribution < -0.4 is 5.73 Å². The lowest BCUT2D eigenvalue weighted by molar-refractivity contribution is -0.135. The second-order valence-electron chi connectivity index (χ2n) is 9.86. The van der Waals surface area contributed by atoms with E-state index in [1.54, 1.807) is 12.1 Å². The number of nitrogens with two attached hydrogens (primary N) is 1. The van der Waals surface area contributed by atoms with Gasteiger partial charge >= 0.3 is 0 Å². The van der Waals surface area contributed by atoms with Crippen LogP contribution in [0.25, 0.3) is 0 Å². The third-order valence-electron chi connectivity index (χ3n) is 7.00. The van der Waals surface area contributed by atoms with Crippen LogP contribution >= 0.6 is 0 Å². The summed E-state index contributed by atoms with van der Waals surface area (Å²) < 4.78 is 26.9. The van der Waals surface area contributed by atoms with Crippen molar-refractivity contribution >= 4 is 15.9 Å². The Kier molecular flexibility index (Phi) is 8.44. The zero-order valence-electron chi connectivity index (χ0n) is 20.9. The van der Waals surface area contributed by atoms with Gasteiger partial charge in [0.25, 0.3) is 0 Å². The second-order valence-corrected chi connectivity index (χ2v) is 11.7. The summed E-state index contributed by atoms with van der Waals surface area (Å²) in [6, 6.07) is 24.3. The van der Waals surface area contributed by atoms with Gasteiger partial charge in [-0.1, -0.05) is 84.9 Å². The van der Waals surface area contributed by atoms with Crippen molar-refractivity contribution in [2.45, 2.75) is 50.0 Å². The van der Waals surface area contributed by atoms with E-state index in [2.05, 4.69) is 0 Å². The van der Waals surface area contributed by atoms with E-state index in [9.17, 15) is 23.4 Å². The van der Waals surface area contributed by atoms with Crippen LogP contribution in [0.3, 0.4) is 0 Å². The number of rotatable bonds is 10. The molecule has 0 saturated heterocycles. The first-order chi connectivity index (χ1) is 17.6. The normalized spacial score (nSPS) is 19.6. The molecule has 8 heteroatoms. The molecule has 4 N–H and O–H groups in total. The Hall–Kier alpha value is -3.04. The zero-order valence-corrected chi connectivity index (χ0v) is 21.7. The van der Waals surface area contributed by atoms with Gasteiger partial charge in [0.15, 0.2) is 0 Å². The fourth-order valence-corrected chi connectivity index (χ4v) is 6.32. The molecule has 0 bridgehead atoms. The molecule has 0 aromatic heterocycles. The van der Waals surface area contributed by atoms with Crippen molar-refractivity contribution in [2.24, 2.45) is 11.7 Å². The van der Waals surface area contributed by atoms with E-state index >= 15 is 0 Å². The van der Waals surface area contributed by atoms with Crippen LogP contribution in [0.2, 0.25) is 0 Å². The molecule has 1 aliphatic rings. The van der Waals surface area contributed by atoms with E-state index in [1.807, 2.05) is 72.8 Å². The second kappa shape index (κ2) is 11.6. The monoisotopic (exact) mass is 522 g/mol. The molecule has 0 heterocycles. The summed E-state index contributed by atoms with van der Waals surface area (Å²) in [5, 5.41) is 21.9. The van der Waals surface area contributed by atoms with Gasteiger partial charge in [-0.2, -0.15) is 0 Å². The minimum absolute atomic E-state index is 0.0157. The van der Waals surface area contributed by atoms with E-state index in [4.69, 9.17) is 5.73 Å². The first kappa shape index (κ1) is 27.0. The standard InChI is InChI=1S/C29H34N2O5S/c1-37(35,36)31(28-24-15-9-8-14-22(24)18-27(28)33)29(34)23(16-20-10-4-2-5-11-20)19-26(32)25(30)17-21-12-6-3-7-13-21/h2-15,23,25-28,32-33H,16-19,30H2,1H3/t23-,25+,26+,27-,28+/m1/s1. The van der Waals surface area contributed by atoms with Crippen molar-refractivity contribution in [2.75, 3.05) is 6.26 Å². The zero-order chi connectivity index (χ0) is 26.6. The van der Waals surface area contributed by atoms with Crippen LogP contribution in [0, 0.1) is 5.92 Å². The van der Waals surface area contributed by atoms with Crippen molar-refractivity contribution < 1.29 is 23.4 Å². The molecule has 0 saturated carbocycles. The van der Waals surface area contributed by atoms with Crippen LogP contribution in [-0.2, 0) is 34.1 Å².